The van der Waals surface area contributed by atoms with Crippen LogP contribution >= 0.6 is 11.6 Å². The quantitative estimate of drug-likeness (QED) is 0.645. The number of hydrogen-bond donors (Lipinski definition) is 1. The molecule has 1 N–H and O–H groups in total. The Morgan fingerprint density at radius 2 is 1.64 bits per heavy atom. The van der Waals surface area contributed by atoms with Crippen LogP contribution in [0.15, 0.2) is 42.5 Å². The summed E-state index contributed by atoms with van der Waals surface area (Å²) in [6, 6.07) is 13.3. The topological polar surface area (TPSA) is 21.3 Å². The Bertz CT molecular complexity index is 826. The van der Waals surface area contributed by atoms with Crippen LogP contribution in [0.4, 0.5) is 4.39 Å². The highest BCUT2D eigenvalue weighted by Crippen LogP contribution is 2.53. The first-order valence-corrected chi connectivity index (χ1v) is 10.9. The zero-order valence-electron chi connectivity index (χ0n) is 16.0. The van der Waals surface area contributed by atoms with Gasteiger partial charge in [-0.1, -0.05) is 35.9 Å². The van der Waals surface area contributed by atoms with Crippen molar-refractivity contribution in [3.8, 4) is 5.75 Å². The van der Waals surface area contributed by atoms with Crippen molar-refractivity contribution in [3.05, 3.63) is 64.4 Å². The second kappa shape index (κ2) is 7.68. The lowest BCUT2D eigenvalue weighted by Crippen LogP contribution is -2.54. The highest BCUT2D eigenvalue weighted by molar-refractivity contribution is 6.31. The van der Waals surface area contributed by atoms with Crippen LogP contribution in [0, 0.1) is 29.5 Å². The summed E-state index contributed by atoms with van der Waals surface area (Å²) < 4.78 is 19.3. The molecule has 2 aromatic carbocycles. The summed E-state index contributed by atoms with van der Waals surface area (Å²) in [6.45, 7) is 1.18. The highest BCUT2D eigenvalue weighted by atomic mass is 35.5. The van der Waals surface area contributed by atoms with E-state index in [-0.39, 0.29) is 5.82 Å². The van der Waals surface area contributed by atoms with Gasteiger partial charge in [0.1, 0.15) is 18.2 Å². The fraction of sp³-hybridized carbons (Fsp3) is 0.500. The van der Waals surface area contributed by atoms with Crippen LogP contribution in [-0.2, 0) is 13.2 Å². The largest absolute Gasteiger partial charge is 0.489 e. The number of para-hydroxylation sites is 1. The molecule has 28 heavy (non-hydrogen) atoms. The first-order chi connectivity index (χ1) is 13.7. The SMILES string of the molecule is Fc1ccc(COc2ccccc2CNC2C3CC4CC(C3)CC2C4)c(Cl)c1. The fourth-order valence-electron chi connectivity index (χ4n) is 6.07. The molecular formula is C24H27ClFNO. The Morgan fingerprint density at radius 1 is 0.929 bits per heavy atom. The van der Waals surface area contributed by atoms with Crippen molar-refractivity contribution in [3.63, 3.8) is 0 Å². The lowest BCUT2D eigenvalue weighted by molar-refractivity contribution is -0.0143. The van der Waals surface area contributed by atoms with Crippen LogP contribution < -0.4 is 10.1 Å². The molecule has 4 bridgehead atoms. The molecule has 0 unspecified atom stereocenters. The van der Waals surface area contributed by atoms with Crippen molar-refractivity contribution in [1.29, 1.82) is 0 Å². The molecule has 0 aromatic heterocycles. The van der Waals surface area contributed by atoms with Crippen molar-refractivity contribution in [2.24, 2.45) is 23.7 Å². The van der Waals surface area contributed by atoms with E-state index in [1.54, 1.807) is 6.07 Å². The van der Waals surface area contributed by atoms with Crippen molar-refractivity contribution in [2.45, 2.75) is 51.3 Å². The van der Waals surface area contributed by atoms with E-state index in [0.29, 0.717) is 17.7 Å². The lowest BCUT2D eigenvalue weighted by atomic mass is 9.54. The smallest absolute Gasteiger partial charge is 0.124 e. The molecule has 2 aromatic rings. The van der Waals surface area contributed by atoms with Crippen LogP contribution in [0.3, 0.4) is 0 Å². The Balaban J connectivity index is 1.24. The second-order valence-electron chi connectivity index (χ2n) is 8.97. The zero-order chi connectivity index (χ0) is 19.1. The number of rotatable bonds is 6. The van der Waals surface area contributed by atoms with E-state index in [9.17, 15) is 4.39 Å². The van der Waals surface area contributed by atoms with Crippen molar-refractivity contribution >= 4 is 11.6 Å². The van der Waals surface area contributed by atoms with E-state index >= 15 is 0 Å². The third-order valence-corrected chi connectivity index (χ3v) is 7.48. The van der Waals surface area contributed by atoms with Gasteiger partial charge in [0.05, 0.1) is 5.02 Å². The molecule has 0 spiro atoms. The number of hydrogen-bond acceptors (Lipinski definition) is 2. The van der Waals surface area contributed by atoms with Crippen LogP contribution in [0.25, 0.3) is 0 Å². The maximum atomic E-state index is 13.2. The molecule has 4 heteroatoms. The summed E-state index contributed by atoms with van der Waals surface area (Å²) in [4.78, 5) is 0. The molecule has 0 atom stereocenters. The minimum Gasteiger partial charge on any atom is -0.489 e. The minimum absolute atomic E-state index is 0.325. The van der Waals surface area contributed by atoms with E-state index in [4.69, 9.17) is 16.3 Å². The third-order valence-electron chi connectivity index (χ3n) is 7.13. The van der Waals surface area contributed by atoms with Gasteiger partial charge in [-0.3, -0.25) is 0 Å². The Labute approximate surface area is 171 Å². The van der Waals surface area contributed by atoms with Gasteiger partial charge in [-0.15, -0.1) is 0 Å². The van der Waals surface area contributed by atoms with Gasteiger partial charge in [0.15, 0.2) is 0 Å². The van der Waals surface area contributed by atoms with E-state index in [0.717, 1.165) is 41.5 Å². The molecule has 0 heterocycles. The summed E-state index contributed by atoms with van der Waals surface area (Å²) in [5.74, 6) is 4.27. The summed E-state index contributed by atoms with van der Waals surface area (Å²) in [5.41, 5.74) is 1.97. The average molecular weight is 400 g/mol. The number of halogens is 2. The number of ether oxygens (including phenoxy) is 1. The molecule has 4 saturated carbocycles. The van der Waals surface area contributed by atoms with Crippen LogP contribution in [-0.4, -0.2) is 6.04 Å². The predicted octanol–water partition coefficient (Wildman–Crippen LogP) is 5.97. The van der Waals surface area contributed by atoms with Gasteiger partial charge in [0.25, 0.3) is 0 Å². The molecule has 4 fully saturated rings. The van der Waals surface area contributed by atoms with Crippen molar-refractivity contribution < 1.29 is 9.13 Å². The number of nitrogens with one attached hydrogen (secondary N) is 1. The average Bonchev–Trinajstić information content (AvgIpc) is 2.67. The lowest BCUT2D eigenvalue weighted by Gasteiger charge is -2.54. The van der Waals surface area contributed by atoms with E-state index in [2.05, 4.69) is 17.4 Å². The molecule has 0 radical (unpaired) electrons. The summed E-state index contributed by atoms with van der Waals surface area (Å²) in [5, 5.41) is 4.29. The zero-order valence-corrected chi connectivity index (χ0v) is 16.8. The van der Waals surface area contributed by atoms with Crippen molar-refractivity contribution in [1.82, 2.24) is 5.32 Å². The molecular weight excluding hydrogens is 373 g/mol. The molecule has 2 nitrogen and oxygen atoms in total. The molecule has 0 saturated heterocycles. The fourth-order valence-corrected chi connectivity index (χ4v) is 6.29. The van der Waals surface area contributed by atoms with Gasteiger partial charge in [-0.05, 0) is 74.0 Å². The molecule has 0 aliphatic heterocycles. The minimum atomic E-state index is -0.325. The van der Waals surface area contributed by atoms with Crippen LogP contribution in [0.5, 0.6) is 5.75 Å². The molecule has 4 aliphatic rings. The highest BCUT2D eigenvalue weighted by Gasteiger charge is 2.47. The second-order valence-corrected chi connectivity index (χ2v) is 9.38. The van der Waals surface area contributed by atoms with E-state index in [1.165, 1.54) is 49.8 Å². The maximum Gasteiger partial charge on any atom is 0.124 e. The number of benzene rings is 2. The predicted molar refractivity (Wildman–Crippen MR) is 110 cm³/mol. The Hall–Kier alpha value is -1.58. The van der Waals surface area contributed by atoms with E-state index in [1.807, 2.05) is 12.1 Å². The monoisotopic (exact) mass is 399 g/mol. The standard InChI is InChI=1S/C24H27ClFNO/c25-22-12-21(26)6-5-18(22)14-28-23-4-2-1-3-17(23)13-27-24-19-8-15-7-16(10-19)11-20(24)9-15/h1-6,12,15-16,19-20,24,27H,7-11,13-14H2. The van der Waals surface area contributed by atoms with Crippen LogP contribution in [0.2, 0.25) is 5.02 Å². The Kier molecular flexibility index (Phi) is 5.06. The first-order valence-electron chi connectivity index (χ1n) is 10.5. The van der Waals surface area contributed by atoms with Gasteiger partial charge in [-0.25, -0.2) is 4.39 Å². The molecule has 148 valence electrons. The normalized spacial score (nSPS) is 30.6. The summed E-state index contributed by atoms with van der Waals surface area (Å²) in [7, 11) is 0. The van der Waals surface area contributed by atoms with Gasteiger partial charge in [0, 0.05) is 23.7 Å². The van der Waals surface area contributed by atoms with Gasteiger partial charge in [0.2, 0.25) is 0 Å². The van der Waals surface area contributed by atoms with Gasteiger partial charge < -0.3 is 10.1 Å². The first kappa shape index (κ1) is 18.4. The summed E-state index contributed by atoms with van der Waals surface area (Å²) in [6.07, 6.45) is 7.18. The van der Waals surface area contributed by atoms with Gasteiger partial charge in [-0.2, -0.15) is 0 Å². The maximum absolute atomic E-state index is 13.2. The molecule has 6 rings (SSSR count). The molecule has 0 amide bonds. The Morgan fingerprint density at radius 3 is 2.36 bits per heavy atom. The molecule has 4 aliphatic carbocycles. The summed E-state index contributed by atoms with van der Waals surface area (Å²) >= 11 is 6.14. The van der Waals surface area contributed by atoms with Crippen molar-refractivity contribution in [2.75, 3.05) is 0 Å². The third kappa shape index (κ3) is 3.67. The van der Waals surface area contributed by atoms with Gasteiger partial charge >= 0.3 is 0 Å². The van der Waals surface area contributed by atoms with E-state index < -0.39 is 0 Å². The van der Waals surface area contributed by atoms with Crippen LogP contribution in [0.1, 0.15) is 43.2 Å².